The van der Waals surface area contributed by atoms with Crippen LogP contribution in [0.5, 0.6) is 5.75 Å². The van der Waals surface area contributed by atoms with Gasteiger partial charge < -0.3 is 31.3 Å². The largest absolute Gasteiger partial charge is 1.00 e. The molecular formula is C18H20N5NaO8S2. The molecular weight excluding hydrogens is 501 g/mol. The topological polar surface area (TPSA) is 211 Å². The molecule has 16 heteroatoms. The van der Waals surface area contributed by atoms with E-state index >= 15 is 0 Å². The molecule has 34 heavy (non-hydrogen) atoms. The number of urea groups is 1. The van der Waals surface area contributed by atoms with Crippen LogP contribution in [0.25, 0.3) is 0 Å². The van der Waals surface area contributed by atoms with Crippen LogP contribution in [0.15, 0.2) is 35.7 Å². The maximum absolute atomic E-state index is 12.9. The molecule has 0 saturated carbocycles. The molecule has 1 aromatic rings. The van der Waals surface area contributed by atoms with Crippen molar-refractivity contribution in [2.24, 2.45) is 5.73 Å². The fourth-order valence-corrected chi connectivity index (χ4v) is 5.02. The Kier molecular flexibility index (Phi) is 9.01. The van der Waals surface area contributed by atoms with E-state index in [1.165, 1.54) is 36.0 Å². The van der Waals surface area contributed by atoms with Crippen LogP contribution >= 0.6 is 11.8 Å². The molecule has 1 fully saturated rings. The van der Waals surface area contributed by atoms with Crippen molar-refractivity contribution in [3.63, 3.8) is 0 Å². The summed E-state index contributed by atoms with van der Waals surface area (Å²) in [5.74, 6) is -2.65. The van der Waals surface area contributed by atoms with E-state index in [1.807, 2.05) is 0 Å². The van der Waals surface area contributed by atoms with Crippen LogP contribution in [-0.4, -0.2) is 63.6 Å². The zero-order valence-electron chi connectivity index (χ0n) is 17.9. The van der Waals surface area contributed by atoms with Gasteiger partial charge >= 0.3 is 35.6 Å². The van der Waals surface area contributed by atoms with Crippen LogP contribution in [0.4, 0.5) is 4.79 Å². The van der Waals surface area contributed by atoms with Gasteiger partial charge in [-0.3, -0.25) is 14.4 Å². The summed E-state index contributed by atoms with van der Waals surface area (Å²) in [6.07, 6.45) is 1.83. The number of phenolic OH excluding ortho intramolecular Hbond substituents is 1. The number of hydrogen-bond donors (Lipinski definition) is 5. The van der Waals surface area contributed by atoms with E-state index in [1.54, 1.807) is 11.5 Å². The van der Waals surface area contributed by atoms with Gasteiger partial charge in [-0.1, -0.05) is 18.2 Å². The molecule has 5 amide bonds. The maximum atomic E-state index is 12.9. The fourth-order valence-electron chi connectivity index (χ4n) is 3.33. The van der Waals surface area contributed by atoms with Crippen molar-refractivity contribution in [3.8, 4) is 5.75 Å². The third kappa shape index (κ3) is 6.64. The molecule has 6 N–H and O–H groups in total. The van der Waals surface area contributed by atoms with Gasteiger partial charge in [0.2, 0.25) is 11.8 Å². The molecule has 3 atom stereocenters. The number of carbonyl (C=O) groups excluding carboxylic acids is 4. The van der Waals surface area contributed by atoms with Gasteiger partial charge in [0.05, 0.1) is 13.0 Å². The van der Waals surface area contributed by atoms with Gasteiger partial charge in [-0.05, 0) is 29.5 Å². The number of nitrogens with two attached hydrogens (primary N) is 1. The van der Waals surface area contributed by atoms with Crippen molar-refractivity contribution in [2.75, 3.05) is 6.54 Å². The third-order valence-corrected chi connectivity index (χ3v) is 6.97. The Morgan fingerprint density at radius 2 is 1.94 bits per heavy atom. The first-order valence-corrected chi connectivity index (χ1v) is 11.7. The van der Waals surface area contributed by atoms with Gasteiger partial charge in [0.15, 0.2) is 10.3 Å². The number of amides is 5. The molecule has 0 bridgehead atoms. The number of rotatable bonds is 8. The number of hydrogen-bond acceptors (Lipinski definition) is 9. The minimum atomic E-state index is -4.98. The second-order valence-corrected chi connectivity index (χ2v) is 9.92. The summed E-state index contributed by atoms with van der Waals surface area (Å²) in [4.78, 5) is 47.9. The predicted molar refractivity (Wildman–Crippen MR) is 114 cm³/mol. The second kappa shape index (κ2) is 11.0. The maximum Gasteiger partial charge on any atom is 1.00 e. The van der Waals surface area contributed by atoms with Crippen LogP contribution in [0.2, 0.25) is 0 Å². The molecule has 0 radical (unpaired) electrons. The summed E-state index contributed by atoms with van der Waals surface area (Å²) in [5, 5.41) is 18.6. The molecule has 1 saturated heterocycles. The second-order valence-electron chi connectivity index (χ2n) is 7.33. The molecule has 178 valence electrons. The standard InChI is InChI=1S/C18H21N5O8S2.Na/c19-17(28)22-18(6-1-7-32-18)8-13(25)21-14(10-2-4-11(24)5-3-10)15(26)20-12-9-23(16(12)27)33(29,30)31;/h1-5,7,12,14,24H,6,8-9H2,(H,20,26)(H,21,25)(H3,19,22,28)(H,29,30,31);/q;+1/p-1/t12?,14-,18?;/m1./s1. The quantitative estimate of drug-likeness (QED) is 0.127. The average molecular weight is 522 g/mol. The van der Waals surface area contributed by atoms with E-state index in [-0.39, 0.29) is 51.6 Å². The number of phenols is 1. The monoisotopic (exact) mass is 521 g/mol. The Labute approximate surface area is 221 Å². The van der Waals surface area contributed by atoms with E-state index in [9.17, 15) is 37.3 Å². The third-order valence-electron chi connectivity index (χ3n) is 4.91. The first kappa shape index (κ1) is 27.9. The van der Waals surface area contributed by atoms with E-state index in [0.29, 0.717) is 6.42 Å². The van der Waals surface area contributed by atoms with Gasteiger partial charge in [0, 0.05) is 0 Å². The van der Waals surface area contributed by atoms with Crippen LogP contribution in [0, 0.1) is 0 Å². The molecule has 0 aromatic heterocycles. The van der Waals surface area contributed by atoms with Crippen LogP contribution < -0.4 is 51.2 Å². The van der Waals surface area contributed by atoms with Crippen molar-refractivity contribution < 1.29 is 66.8 Å². The summed E-state index contributed by atoms with van der Waals surface area (Å²) in [6, 6.07) is 1.92. The summed E-state index contributed by atoms with van der Waals surface area (Å²) in [6.45, 7) is -0.527. The van der Waals surface area contributed by atoms with E-state index in [2.05, 4.69) is 16.0 Å². The minimum Gasteiger partial charge on any atom is -0.731 e. The van der Waals surface area contributed by atoms with Gasteiger partial charge in [0.25, 0.3) is 5.91 Å². The molecule has 2 heterocycles. The van der Waals surface area contributed by atoms with E-state index in [0.717, 1.165) is 0 Å². The van der Waals surface area contributed by atoms with Crippen molar-refractivity contribution >= 4 is 45.8 Å². The van der Waals surface area contributed by atoms with Crippen LogP contribution in [0.1, 0.15) is 24.4 Å². The van der Waals surface area contributed by atoms with Crippen molar-refractivity contribution in [1.82, 2.24) is 20.3 Å². The number of carbonyl (C=O) groups is 4. The van der Waals surface area contributed by atoms with E-state index in [4.69, 9.17) is 5.73 Å². The van der Waals surface area contributed by atoms with Gasteiger partial charge in [-0.25, -0.2) is 17.5 Å². The normalized spacial score (nSPS) is 22.2. The Morgan fingerprint density at radius 1 is 1.29 bits per heavy atom. The van der Waals surface area contributed by atoms with Crippen LogP contribution in [-0.2, 0) is 24.7 Å². The SMILES string of the molecule is NC(=O)NC1(CC(=O)N[C@@H](C(=O)NC2CN(S(=O)(=O)[O-])C2=O)c2ccc(O)cc2)CC=CS1.[Na+]. The van der Waals surface area contributed by atoms with Gasteiger partial charge in [-0.2, -0.15) is 0 Å². The average Bonchev–Trinajstić information content (AvgIpc) is 3.15. The number of nitrogens with one attached hydrogen (secondary N) is 3. The predicted octanol–water partition coefficient (Wildman–Crippen LogP) is -4.25. The van der Waals surface area contributed by atoms with Crippen molar-refractivity contribution in [1.29, 1.82) is 0 Å². The van der Waals surface area contributed by atoms with E-state index < -0.39 is 57.6 Å². The Bertz CT molecular complexity index is 1100. The molecule has 1 aromatic carbocycles. The van der Waals surface area contributed by atoms with Gasteiger partial charge in [0.1, 0.15) is 22.7 Å². The number of nitrogens with zero attached hydrogens (tertiary/aromatic N) is 1. The minimum absolute atomic E-state index is 0. The number of benzene rings is 1. The Morgan fingerprint density at radius 3 is 2.44 bits per heavy atom. The van der Waals surface area contributed by atoms with Crippen LogP contribution in [0.3, 0.4) is 0 Å². The molecule has 3 rings (SSSR count). The zero-order valence-corrected chi connectivity index (χ0v) is 21.5. The molecule has 2 aliphatic heterocycles. The zero-order chi connectivity index (χ0) is 24.4. The summed E-state index contributed by atoms with van der Waals surface area (Å²) >= 11 is 1.18. The summed E-state index contributed by atoms with van der Waals surface area (Å²) in [7, 11) is -4.98. The van der Waals surface area contributed by atoms with Crippen molar-refractivity contribution in [3.05, 3.63) is 41.3 Å². The molecule has 2 unspecified atom stereocenters. The molecule has 13 nitrogen and oxygen atoms in total. The number of thioether (sulfide) groups is 1. The molecule has 0 aliphatic carbocycles. The number of primary amides is 1. The smallest absolute Gasteiger partial charge is 0.731 e. The molecule has 2 aliphatic rings. The number of β-lactam (4-membered cyclic amide) rings is 1. The molecule has 0 spiro atoms. The Balaban J connectivity index is 0.00000408. The Hall–Kier alpha value is -2.30. The van der Waals surface area contributed by atoms with Crippen molar-refractivity contribution in [2.45, 2.75) is 29.8 Å². The number of aromatic hydroxyl groups is 1. The fraction of sp³-hybridized carbons (Fsp3) is 0.333. The first-order chi connectivity index (χ1) is 15.4. The van der Waals surface area contributed by atoms with Gasteiger partial charge in [-0.15, -0.1) is 11.8 Å². The first-order valence-electron chi connectivity index (χ1n) is 9.47. The summed E-state index contributed by atoms with van der Waals surface area (Å²) < 4.78 is 33.0. The summed E-state index contributed by atoms with van der Waals surface area (Å²) in [5.41, 5.74) is 5.46.